The molecular formula is C18H25FN4O3. The van der Waals surface area contributed by atoms with Gasteiger partial charge in [0.2, 0.25) is 5.91 Å². The van der Waals surface area contributed by atoms with Gasteiger partial charge in [0.15, 0.2) is 0 Å². The second-order valence-corrected chi connectivity index (χ2v) is 6.84. The van der Waals surface area contributed by atoms with E-state index in [9.17, 15) is 14.0 Å². The fourth-order valence-electron chi connectivity index (χ4n) is 3.01. The fourth-order valence-corrected chi connectivity index (χ4v) is 3.01. The van der Waals surface area contributed by atoms with E-state index < -0.39 is 11.8 Å². The van der Waals surface area contributed by atoms with Crippen molar-refractivity contribution in [2.75, 3.05) is 32.1 Å². The number of amides is 3. The van der Waals surface area contributed by atoms with Gasteiger partial charge in [-0.15, -0.1) is 0 Å². The van der Waals surface area contributed by atoms with Gasteiger partial charge in [-0.05, 0) is 37.8 Å². The predicted octanol–water partition coefficient (Wildman–Crippen LogP) is 1.70. The lowest BCUT2D eigenvalue weighted by molar-refractivity contribution is -0.122. The second-order valence-electron chi connectivity index (χ2n) is 6.84. The lowest BCUT2D eigenvalue weighted by Gasteiger charge is -2.31. The molecule has 142 valence electrons. The highest BCUT2D eigenvalue weighted by Gasteiger charge is 2.26. The third kappa shape index (κ3) is 5.32. The first-order valence-electron chi connectivity index (χ1n) is 8.96. The van der Waals surface area contributed by atoms with E-state index >= 15 is 0 Å². The van der Waals surface area contributed by atoms with Gasteiger partial charge in [0, 0.05) is 31.2 Å². The summed E-state index contributed by atoms with van der Waals surface area (Å²) in [5.41, 5.74) is 0.109. The maximum Gasteiger partial charge on any atom is 0.319 e. The minimum Gasteiger partial charge on any atom is -0.497 e. The van der Waals surface area contributed by atoms with Crippen molar-refractivity contribution in [1.29, 1.82) is 0 Å². The van der Waals surface area contributed by atoms with Gasteiger partial charge in [-0.3, -0.25) is 9.69 Å². The van der Waals surface area contributed by atoms with Crippen LogP contribution in [0.4, 0.5) is 14.9 Å². The molecule has 8 heteroatoms. The topological polar surface area (TPSA) is 82.7 Å². The Morgan fingerprint density at radius 3 is 2.46 bits per heavy atom. The Morgan fingerprint density at radius 1 is 1.15 bits per heavy atom. The van der Waals surface area contributed by atoms with Crippen LogP contribution in [-0.2, 0) is 4.79 Å². The summed E-state index contributed by atoms with van der Waals surface area (Å²) < 4.78 is 18.8. The van der Waals surface area contributed by atoms with E-state index in [2.05, 4.69) is 20.9 Å². The number of piperidine rings is 1. The van der Waals surface area contributed by atoms with E-state index in [4.69, 9.17) is 4.74 Å². The van der Waals surface area contributed by atoms with Crippen molar-refractivity contribution in [1.82, 2.24) is 15.5 Å². The first-order chi connectivity index (χ1) is 12.5. The Morgan fingerprint density at radius 2 is 1.85 bits per heavy atom. The third-order valence-corrected chi connectivity index (χ3v) is 4.66. The minimum absolute atomic E-state index is 0.0130. The molecule has 1 aromatic rings. The standard InChI is InChI=1S/C18H25FN4O3/c1-26-14-4-5-16(15(19)10-14)22-18(25)21-13-6-8-23(9-7-13)11-17(24)20-12-2-3-12/h4-5,10,12-13H,2-3,6-9,11H2,1H3,(H,20,24)(H2,21,22,25). The van der Waals surface area contributed by atoms with Crippen LogP contribution in [-0.4, -0.2) is 55.7 Å². The number of nitrogens with one attached hydrogen (secondary N) is 3. The predicted molar refractivity (Wildman–Crippen MR) is 95.7 cm³/mol. The quantitative estimate of drug-likeness (QED) is 0.718. The van der Waals surface area contributed by atoms with Crippen molar-refractivity contribution >= 4 is 17.6 Å². The number of carbonyl (C=O) groups is 2. The van der Waals surface area contributed by atoms with Crippen LogP contribution in [0.3, 0.4) is 0 Å². The van der Waals surface area contributed by atoms with Crippen molar-refractivity contribution in [2.45, 2.75) is 37.8 Å². The number of halogens is 1. The largest absolute Gasteiger partial charge is 0.497 e. The molecule has 1 heterocycles. The molecule has 0 bridgehead atoms. The number of benzene rings is 1. The lowest BCUT2D eigenvalue weighted by Crippen LogP contribution is -2.48. The van der Waals surface area contributed by atoms with Crippen molar-refractivity contribution in [2.24, 2.45) is 0 Å². The highest BCUT2D eigenvalue weighted by molar-refractivity contribution is 5.89. The van der Waals surface area contributed by atoms with E-state index in [0.717, 1.165) is 38.8 Å². The van der Waals surface area contributed by atoms with Crippen LogP contribution in [0.25, 0.3) is 0 Å². The summed E-state index contributed by atoms with van der Waals surface area (Å²) in [4.78, 5) is 26.0. The van der Waals surface area contributed by atoms with Gasteiger partial charge in [-0.1, -0.05) is 0 Å². The molecule has 1 aliphatic heterocycles. The van der Waals surface area contributed by atoms with Crippen molar-refractivity contribution in [3.63, 3.8) is 0 Å². The maximum absolute atomic E-state index is 13.9. The summed E-state index contributed by atoms with van der Waals surface area (Å²) in [5, 5.41) is 8.37. The number of rotatable bonds is 6. The molecule has 2 aliphatic rings. The Kier molecular flexibility index (Phi) is 5.92. The van der Waals surface area contributed by atoms with Gasteiger partial charge < -0.3 is 20.7 Å². The molecule has 1 aliphatic carbocycles. The van der Waals surface area contributed by atoms with Crippen LogP contribution in [0.5, 0.6) is 5.75 Å². The number of hydrogen-bond donors (Lipinski definition) is 3. The molecule has 1 aromatic carbocycles. The van der Waals surface area contributed by atoms with Crippen LogP contribution in [0.2, 0.25) is 0 Å². The second kappa shape index (κ2) is 8.35. The van der Waals surface area contributed by atoms with E-state index in [1.807, 2.05) is 0 Å². The highest BCUT2D eigenvalue weighted by Crippen LogP contribution is 2.21. The Labute approximate surface area is 152 Å². The van der Waals surface area contributed by atoms with Gasteiger partial charge >= 0.3 is 6.03 Å². The molecule has 7 nitrogen and oxygen atoms in total. The number of urea groups is 1. The molecule has 0 spiro atoms. The zero-order chi connectivity index (χ0) is 18.5. The van der Waals surface area contributed by atoms with Crippen molar-refractivity contribution < 1.29 is 18.7 Å². The van der Waals surface area contributed by atoms with E-state index in [0.29, 0.717) is 18.3 Å². The summed E-state index contributed by atoms with van der Waals surface area (Å²) in [7, 11) is 1.45. The van der Waals surface area contributed by atoms with Crippen LogP contribution >= 0.6 is 0 Å². The van der Waals surface area contributed by atoms with Crippen LogP contribution in [0, 0.1) is 5.82 Å². The summed E-state index contributed by atoms with van der Waals surface area (Å²) in [5.74, 6) is -0.0748. The fraction of sp³-hybridized carbons (Fsp3) is 0.556. The molecule has 0 atom stereocenters. The van der Waals surface area contributed by atoms with Gasteiger partial charge in [-0.2, -0.15) is 0 Å². The van der Waals surface area contributed by atoms with E-state index in [-0.39, 0.29) is 17.6 Å². The molecule has 1 saturated carbocycles. The van der Waals surface area contributed by atoms with Crippen molar-refractivity contribution in [3.8, 4) is 5.75 Å². The number of anilines is 1. The minimum atomic E-state index is -0.545. The number of likely N-dealkylation sites (tertiary alicyclic amines) is 1. The molecule has 2 fully saturated rings. The SMILES string of the molecule is COc1ccc(NC(=O)NC2CCN(CC(=O)NC3CC3)CC2)c(F)c1. The normalized spacial score (nSPS) is 18.2. The molecular weight excluding hydrogens is 339 g/mol. The molecule has 3 N–H and O–H groups in total. The smallest absolute Gasteiger partial charge is 0.319 e. The van der Waals surface area contributed by atoms with E-state index in [1.54, 1.807) is 6.07 Å². The average Bonchev–Trinajstić information content (AvgIpc) is 3.42. The van der Waals surface area contributed by atoms with Gasteiger partial charge in [0.25, 0.3) is 0 Å². The summed E-state index contributed by atoms with van der Waals surface area (Å²) in [6.45, 7) is 1.91. The Balaban J connectivity index is 1.39. The van der Waals surface area contributed by atoms with Gasteiger partial charge in [0.1, 0.15) is 11.6 Å². The zero-order valence-corrected chi connectivity index (χ0v) is 14.9. The molecule has 1 saturated heterocycles. The van der Waals surface area contributed by atoms with Gasteiger partial charge in [0.05, 0.1) is 19.3 Å². The van der Waals surface area contributed by atoms with Gasteiger partial charge in [-0.25, -0.2) is 9.18 Å². The van der Waals surface area contributed by atoms with E-state index in [1.165, 1.54) is 19.2 Å². The molecule has 3 rings (SSSR count). The summed E-state index contributed by atoms with van der Waals surface area (Å²) in [6, 6.07) is 4.24. The molecule has 0 radical (unpaired) electrons. The first kappa shape index (κ1) is 18.4. The lowest BCUT2D eigenvalue weighted by atomic mass is 10.1. The zero-order valence-electron chi connectivity index (χ0n) is 14.9. The summed E-state index contributed by atoms with van der Waals surface area (Å²) in [6.07, 6.45) is 3.69. The number of hydrogen-bond acceptors (Lipinski definition) is 4. The highest BCUT2D eigenvalue weighted by atomic mass is 19.1. The average molecular weight is 364 g/mol. The molecule has 26 heavy (non-hydrogen) atoms. The number of methoxy groups -OCH3 is 1. The molecule has 3 amide bonds. The van der Waals surface area contributed by atoms with Crippen LogP contribution < -0.4 is 20.7 Å². The summed E-state index contributed by atoms with van der Waals surface area (Å²) >= 11 is 0. The molecule has 0 unspecified atom stereocenters. The monoisotopic (exact) mass is 364 g/mol. The van der Waals surface area contributed by atoms with Crippen molar-refractivity contribution in [3.05, 3.63) is 24.0 Å². The maximum atomic E-state index is 13.9. The number of carbonyl (C=O) groups excluding carboxylic acids is 2. The number of ether oxygens (including phenoxy) is 1. The van der Waals surface area contributed by atoms with Crippen LogP contribution in [0.1, 0.15) is 25.7 Å². The first-order valence-corrected chi connectivity index (χ1v) is 8.96. The Hall–Kier alpha value is -2.35. The third-order valence-electron chi connectivity index (χ3n) is 4.66. The number of nitrogens with zero attached hydrogens (tertiary/aromatic N) is 1. The Bertz CT molecular complexity index is 658. The molecule has 0 aromatic heterocycles. The van der Waals surface area contributed by atoms with Crippen LogP contribution in [0.15, 0.2) is 18.2 Å².